The van der Waals surface area contributed by atoms with Crippen LogP contribution in [-0.4, -0.2) is 25.6 Å². The quantitative estimate of drug-likeness (QED) is 0.534. The van der Waals surface area contributed by atoms with E-state index < -0.39 is 5.97 Å². The van der Waals surface area contributed by atoms with E-state index in [-0.39, 0.29) is 17.4 Å². The molecule has 0 radical (unpaired) electrons. The van der Waals surface area contributed by atoms with Gasteiger partial charge in [-0.3, -0.25) is 0 Å². The maximum atomic E-state index is 13.0. The van der Waals surface area contributed by atoms with E-state index in [2.05, 4.69) is 4.99 Å². The van der Waals surface area contributed by atoms with Gasteiger partial charge in [0.2, 0.25) is 5.90 Å². The van der Waals surface area contributed by atoms with Crippen molar-refractivity contribution in [2.45, 2.75) is 13.3 Å². The maximum absolute atomic E-state index is 13.0. The average Bonchev–Trinajstić information content (AvgIpc) is 3.01. The summed E-state index contributed by atoms with van der Waals surface area (Å²) in [5.41, 5.74) is 1.22. The summed E-state index contributed by atoms with van der Waals surface area (Å²) in [6, 6.07) is 8.87. The maximum Gasteiger partial charge on any atom is 0.363 e. The van der Waals surface area contributed by atoms with Crippen molar-refractivity contribution in [2.75, 3.05) is 13.7 Å². The van der Waals surface area contributed by atoms with Crippen molar-refractivity contribution in [1.82, 2.24) is 0 Å². The Kier molecular flexibility index (Phi) is 5.76. The van der Waals surface area contributed by atoms with Gasteiger partial charge in [-0.25, -0.2) is 14.2 Å². The number of carbonyl (C=O) groups excluding carboxylic acids is 1. The third-order valence-electron chi connectivity index (χ3n) is 3.72. The Morgan fingerprint density at radius 1 is 1.26 bits per heavy atom. The second kappa shape index (κ2) is 8.22. The molecule has 0 spiro atoms. The monoisotopic (exact) mass is 389 g/mol. The van der Waals surface area contributed by atoms with Crippen molar-refractivity contribution in [3.63, 3.8) is 0 Å². The minimum Gasteiger partial charge on any atom is -0.493 e. The number of halogens is 2. The highest BCUT2D eigenvalue weighted by Crippen LogP contribution is 2.37. The molecule has 0 unspecified atom stereocenters. The standard InChI is InChI=1S/C20H17ClFNO4/c1-3-8-26-18-15(21)9-12(11-17(18)25-2)10-16-20(24)27-19(23-16)13-4-6-14(22)7-5-13/h4-7,9-11H,3,8H2,1-2H3. The number of nitrogens with zero attached hydrogens (tertiary/aromatic N) is 1. The van der Waals surface area contributed by atoms with Crippen molar-refractivity contribution in [2.24, 2.45) is 4.99 Å². The van der Waals surface area contributed by atoms with Crippen LogP contribution in [0.15, 0.2) is 47.1 Å². The van der Waals surface area contributed by atoms with Crippen LogP contribution < -0.4 is 9.47 Å². The first-order chi connectivity index (χ1) is 13.0. The molecule has 7 heteroatoms. The van der Waals surface area contributed by atoms with E-state index in [1.54, 1.807) is 12.1 Å². The molecule has 0 N–H and O–H groups in total. The first-order valence-electron chi connectivity index (χ1n) is 8.30. The normalized spacial score (nSPS) is 14.9. The van der Waals surface area contributed by atoms with Crippen LogP contribution in [-0.2, 0) is 9.53 Å². The summed E-state index contributed by atoms with van der Waals surface area (Å²) in [5.74, 6) is 0.0408. The van der Waals surface area contributed by atoms with Crippen LogP contribution in [0.5, 0.6) is 11.5 Å². The van der Waals surface area contributed by atoms with Gasteiger partial charge in [-0.15, -0.1) is 0 Å². The molecule has 2 aromatic rings. The van der Waals surface area contributed by atoms with Crippen LogP contribution >= 0.6 is 11.6 Å². The zero-order chi connectivity index (χ0) is 19.4. The van der Waals surface area contributed by atoms with E-state index in [1.807, 2.05) is 6.92 Å². The SMILES string of the molecule is CCCOc1c(Cl)cc(C=C2N=C(c3ccc(F)cc3)OC2=O)cc1OC. The molecule has 3 rings (SSSR count). The van der Waals surface area contributed by atoms with E-state index in [0.29, 0.717) is 34.3 Å². The minimum atomic E-state index is -0.601. The number of hydrogen-bond acceptors (Lipinski definition) is 5. The van der Waals surface area contributed by atoms with Crippen LogP contribution in [0.3, 0.4) is 0 Å². The van der Waals surface area contributed by atoms with Gasteiger partial charge < -0.3 is 14.2 Å². The fraction of sp³-hybridized carbons (Fsp3) is 0.200. The van der Waals surface area contributed by atoms with Crippen LogP contribution in [0.25, 0.3) is 6.08 Å². The molecular formula is C20H17ClFNO4. The van der Waals surface area contributed by atoms with E-state index in [1.165, 1.54) is 37.5 Å². The predicted molar refractivity (Wildman–Crippen MR) is 101 cm³/mol. The summed E-state index contributed by atoms with van der Waals surface area (Å²) in [5, 5.41) is 0.365. The molecule has 5 nitrogen and oxygen atoms in total. The molecule has 0 saturated carbocycles. The second-order valence-corrected chi connectivity index (χ2v) is 6.13. The molecule has 0 bridgehead atoms. The molecule has 1 heterocycles. The molecular weight excluding hydrogens is 373 g/mol. The highest BCUT2D eigenvalue weighted by molar-refractivity contribution is 6.32. The Morgan fingerprint density at radius 2 is 2.00 bits per heavy atom. The molecule has 2 aromatic carbocycles. The highest BCUT2D eigenvalue weighted by Gasteiger charge is 2.24. The van der Waals surface area contributed by atoms with Crippen molar-refractivity contribution < 1.29 is 23.4 Å². The number of aliphatic imine (C=N–C) groups is 1. The first kappa shape index (κ1) is 18.9. The summed E-state index contributed by atoms with van der Waals surface area (Å²) < 4.78 is 29.1. The Balaban J connectivity index is 1.92. The third kappa shape index (κ3) is 4.28. The summed E-state index contributed by atoms with van der Waals surface area (Å²) in [6.45, 7) is 2.50. The fourth-order valence-corrected chi connectivity index (χ4v) is 2.72. The minimum absolute atomic E-state index is 0.106. The molecule has 0 fully saturated rings. The van der Waals surface area contributed by atoms with Crippen molar-refractivity contribution >= 4 is 29.5 Å². The number of carbonyl (C=O) groups is 1. The Labute approximate surface area is 161 Å². The lowest BCUT2D eigenvalue weighted by Gasteiger charge is -2.12. The number of rotatable bonds is 6. The van der Waals surface area contributed by atoms with Crippen LogP contribution in [0.1, 0.15) is 24.5 Å². The number of ether oxygens (including phenoxy) is 3. The van der Waals surface area contributed by atoms with Gasteiger partial charge in [0.15, 0.2) is 17.2 Å². The number of esters is 1. The van der Waals surface area contributed by atoms with E-state index in [4.69, 9.17) is 25.8 Å². The van der Waals surface area contributed by atoms with Gasteiger partial charge in [0.05, 0.1) is 18.7 Å². The zero-order valence-electron chi connectivity index (χ0n) is 14.8. The van der Waals surface area contributed by atoms with Crippen LogP contribution in [0, 0.1) is 5.82 Å². The molecule has 0 atom stereocenters. The lowest BCUT2D eigenvalue weighted by Crippen LogP contribution is -2.05. The molecule has 140 valence electrons. The van der Waals surface area contributed by atoms with Gasteiger partial charge in [0.1, 0.15) is 5.82 Å². The van der Waals surface area contributed by atoms with Crippen molar-refractivity contribution in [1.29, 1.82) is 0 Å². The summed E-state index contributed by atoms with van der Waals surface area (Å²) >= 11 is 6.29. The highest BCUT2D eigenvalue weighted by atomic mass is 35.5. The molecule has 27 heavy (non-hydrogen) atoms. The molecule has 0 amide bonds. The Morgan fingerprint density at radius 3 is 2.67 bits per heavy atom. The molecule has 1 aliphatic heterocycles. The third-order valence-corrected chi connectivity index (χ3v) is 4.00. The number of methoxy groups -OCH3 is 1. The molecule has 0 aliphatic carbocycles. The largest absolute Gasteiger partial charge is 0.493 e. The number of cyclic esters (lactones) is 1. The average molecular weight is 390 g/mol. The molecule has 0 saturated heterocycles. The van der Waals surface area contributed by atoms with Crippen LogP contribution in [0.4, 0.5) is 4.39 Å². The number of benzene rings is 2. The van der Waals surface area contributed by atoms with Gasteiger partial charge in [-0.05, 0) is 54.5 Å². The lowest BCUT2D eigenvalue weighted by molar-refractivity contribution is -0.129. The smallest absolute Gasteiger partial charge is 0.363 e. The summed E-state index contributed by atoms with van der Waals surface area (Å²) in [4.78, 5) is 16.3. The second-order valence-electron chi connectivity index (χ2n) is 5.73. The number of hydrogen-bond donors (Lipinski definition) is 0. The topological polar surface area (TPSA) is 57.1 Å². The van der Waals surface area contributed by atoms with E-state index in [0.717, 1.165) is 6.42 Å². The summed E-state index contributed by atoms with van der Waals surface area (Å²) in [7, 11) is 1.51. The van der Waals surface area contributed by atoms with Crippen molar-refractivity contribution in [3.8, 4) is 11.5 Å². The fourth-order valence-electron chi connectivity index (χ4n) is 2.45. The zero-order valence-corrected chi connectivity index (χ0v) is 15.5. The molecule has 0 aromatic heterocycles. The summed E-state index contributed by atoms with van der Waals surface area (Å²) in [6.07, 6.45) is 2.37. The van der Waals surface area contributed by atoms with Gasteiger partial charge in [0, 0.05) is 5.56 Å². The lowest BCUT2D eigenvalue weighted by atomic mass is 10.1. The predicted octanol–water partition coefficient (Wildman–Crippen LogP) is 4.62. The van der Waals surface area contributed by atoms with E-state index >= 15 is 0 Å². The Hall–Kier alpha value is -2.86. The first-order valence-corrected chi connectivity index (χ1v) is 8.68. The van der Waals surface area contributed by atoms with Gasteiger partial charge in [-0.2, -0.15) is 0 Å². The van der Waals surface area contributed by atoms with Crippen LogP contribution in [0.2, 0.25) is 5.02 Å². The molecule has 1 aliphatic rings. The van der Waals surface area contributed by atoms with Crippen molar-refractivity contribution in [3.05, 3.63) is 64.1 Å². The van der Waals surface area contributed by atoms with Gasteiger partial charge in [-0.1, -0.05) is 18.5 Å². The Bertz CT molecular complexity index is 922. The van der Waals surface area contributed by atoms with Gasteiger partial charge in [0.25, 0.3) is 0 Å². The van der Waals surface area contributed by atoms with Gasteiger partial charge >= 0.3 is 5.97 Å². The van der Waals surface area contributed by atoms with E-state index in [9.17, 15) is 9.18 Å².